The van der Waals surface area contributed by atoms with Crippen LogP contribution in [-0.4, -0.2) is 19.4 Å². The highest BCUT2D eigenvalue weighted by molar-refractivity contribution is 4.64. The number of hydrogen-bond acceptors (Lipinski definition) is 1. The van der Waals surface area contributed by atoms with Crippen LogP contribution in [0.3, 0.4) is 0 Å². The average molecular weight is 105 g/mol. The predicted molar refractivity (Wildman–Crippen MR) is 26.7 cm³/mol. The Hall–Kier alpha value is -0.110. The van der Waals surface area contributed by atoms with E-state index in [1.54, 1.807) is 0 Å². The Morgan fingerprint density at radius 3 is 2.14 bits per heavy atom. The van der Waals surface area contributed by atoms with E-state index in [9.17, 15) is 4.39 Å². The lowest BCUT2D eigenvalue weighted by atomic mass is 10.3. The second kappa shape index (κ2) is 2.97. The van der Waals surface area contributed by atoms with Crippen molar-refractivity contribution in [1.82, 2.24) is 0 Å². The highest BCUT2D eigenvalue weighted by atomic mass is 19.1. The quantitative estimate of drug-likeness (QED) is 0.512. The van der Waals surface area contributed by atoms with E-state index in [1.165, 1.54) is 14.0 Å². The van der Waals surface area contributed by atoms with E-state index in [2.05, 4.69) is 11.7 Å². The fourth-order valence-electron chi connectivity index (χ4n) is 0.188. The minimum atomic E-state index is -0.968. The molecule has 0 aliphatic rings. The van der Waals surface area contributed by atoms with E-state index in [4.69, 9.17) is 0 Å². The SMILES string of the molecule is [CH2]C(OC)C(C)F. The zero-order valence-electron chi connectivity index (χ0n) is 4.65. The zero-order chi connectivity index (χ0) is 5.86. The Morgan fingerprint density at radius 1 is 1.71 bits per heavy atom. The summed E-state index contributed by atoms with van der Waals surface area (Å²) in [5, 5.41) is 0. The third-order valence-electron chi connectivity index (χ3n) is 0.815. The van der Waals surface area contributed by atoms with Gasteiger partial charge in [0.05, 0.1) is 6.10 Å². The first kappa shape index (κ1) is 6.89. The van der Waals surface area contributed by atoms with E-state index in [0.717, 1.165) is 0 Å². The van der Waals surface area contributed by atoms with Crippen molar-refractivity contribution in [3.05, 3.63) is 6.92 Å². The summed E-state index contributed by atoms with van der Waals surface area (Å²) in [6, 6.07) is 0. The maximum Gasteiger partial charge on any atom is 0.123 e. The van der Waals surface area contributed by atoms with Crippen molar-refractivity contribution in [3.63, 3.8) is 0 Å². The molecule has 0 aliphatic heterocycles. The van der Waals surface area contributed by atoms with Crippen molar-refractivity contribution < 1.29 is 9.13 Å². The van der Waals surface area contributed by atoms with Crippen molar-refractivity contribution in [1.29, 1.82) is 0 Å². The van der Waals surface area contributed by atoms with Crippen molar-refractivity contribution in [2.45, 2.75) is 19.2 Å². The molecule has 2 atom stereocenters. The van der Waals surface area contributed by atoms with Crippen LogP contribution in [0.1, 0.15) is 6.92 Å². The minimum absolute atomic E-state index is 0.514. The van der Waals surface area contributed by atoms with Gasteiger partial charge in [0.25, 0.3) is 0 Å². The van der Waals surface area contributed by atoms with Crippen LogP contribution >= 0.6 is 0 Å². The van der Waals surface area contributed by atoms with Crippen molar-refractivity contribution in [2.24, 2.45) is 0 Å². The van der Waals surface area contributed by atoms with Crippen LogP contribution in [0.25, 0.3) is 0 Å². The molecule has 0 amide bonds. The first-order valence-electron chi connectivity index (χ1n) is 2.18. The molecule has 0 aromatic heterocycles. The smallest absolute Gasteiger partial charge is 0.123 e. The van der Waals surface area contributed by atoms with Gasteiger partial charge in [-0.25, -0.2) is 4.39 Å². The van der Waals surface area contributed by atoms with Crippen molar-refractivity contribution >= 4 is 0 Å². The number of alkyl halides is 1. The standard InChI is InChI=1S/C5H10FO/c1-4(6)5(2)7-3/h4-5H,2H2,1,3H3. The Bertz CT molecular complexity index is 45.3. The second-order valence-electron chi connectivity index (χ2n) is 1.45. The molecule has 0 saturated heterocycles. The van der Waals surface area contributed by atoms with Crippen LogP contribution in [-0.2, 0) is 4.74 Å². The highest BCUT2D eigenvalue weighted by Crippen LogP contribution is 1.97. The molecule has 1 radical (unpaired) electrons. The minimum Gasteiger partial charge on any atom is -0.378 e. The molecule has 0 heterocycles. The van der Waals surface area contributed by atoms with Gasteiger partial charge >= 0.3 is 0 Å². The van der Waals surface area contributed by atoms with Crippen LogP contribution in [0.4, 0.5) is 4.39 Å². The van der Waals surface area contributed by atoms with Gasteiger partial charge in [-0.2, -0.15) is 0 Å². The topological polar surface area (TPSA) is 9.23 Å². The Morgan fingerprint density at radius 2 is 2.14 bits per heavy atom. The van der Waals surface area contributed by atoms with Gasteiger partial charge in [-0.05, 0) is 13.8 Å². The average Bonchev–Trinajstić information content (AvgIpc) is 1.65. The molecule has 0 aromatic rings. The van der Waals surface area contributed by atoms with Crippen LogP contribution in [0.2, 0.25) is 0 Å². The fourth-order valence-corrected chi connectivity index (χ4v) is 0.188. The van der Waals surface area contributed by atoms with E-state index in [1.807, 2.05) is 0 Å². The Labute approximate surface area is 43.5 Å². The second-order valence-corrected chi connectivity index (χ2v) is 1.45. The lowest BCUT2D eigenvalue weighted by Crippen LogP contribution is -2.16. The van der Waals surface area contributed by atoms with E-state index >= 15 is 0 Å². The normalized spacial score (nSPS) is 18.9. The maximum atomic E-state index is 11.9. The third kappa shape index (κ3) is 2.57. The van der Waals surface area contributed by atoms with Gasteiger partial charge in [0.1, 0.15) is 6.17 Å². The lowest BCUT2D eigenvalue weighted by molar-refractivity contribution is 0.0730. The van der Waals surface area contributed by atoms with Gasteiger partial charge in [-0.3, -0.25) is 0 Å². The van der Waals surface area contributed by atoms with Gasteiger partial charge in [0.15, 0.2) is 0 Å². The molecule has 0 aromatic carbocycles. The van der Waals surface area contributed by atoms with Crippen LogP contribution in [0, 0.1) is 6.92 Å². The molecule has 1 nitrogen and oxygen atoms in total. The molecular formula is C5H10FO. The van der Waals surface area contributed by atoms with Crippen molar-refractivity contribution in [2.75, 3.05) is 7.11 Å². The number of halogens is 1. The van der Waals surface area contributed by atoms with E-state index < -0.39 is 12.3 Å². The third-order valence-corrected chi connectivity index (χ3v) is 0.815. The molecule has 0 fully saturated rings. The maximum absolute atomic E-state index is 11.9. The molecule has 2 unspecified atom stereocenters. The van der Waals surface area contributed by atoms with E-state index in [0.29, 0.717) is 0 Å². The fraction of sp³-hybridized carbons (Fsp3) is 0.800. The summed E-state index contributed by atoms with van der Waals surface area (Å²) in [4.78, 5) is 0. The summed E-state index contributed by atoms with van der Waals surface area (Å²) < 4.78 is 16.4. The molecule has 2 heteroatoms. The molecule has 0 saturated carbocycles. The Kier molecular flexibility index (Phi) is 2.92. The molecule has 7 heavy (non-hydrogen) atoms. The van der Waals surface area contributed by atoms with Crippen LogP contribution < -0.4 is 0 Å². The predicted octanol–water partition coefficient (Wildman–Crippen LogP) is 1.19. The molecule has 0 N–H and O–H groups in total. The highest BCUT2D eigenvalue weighted by Gasteiger charge is 2.06. The molecule has 0 bridgehead atoms. The molecule has 0 aliphatic carbocycles. The molecule has 0 rings (SSSR count). The lowest BCUT2D eigenvalue weighted by Gasteiger charge is -2.07. The summed E-state index contributed by atoms with van der Waals surface area (Å²) in [6.07, 6.45) is -1.48. The molecular weight excluding hydrogens is 95.1 g/mol. The number of ether oxygens (including phenoxy) is 1. The number of methoxy groups -OCH3 is 1. The summed E-state index contributed by atoms with van der Waals surface area (Å²) >= 11 is 0. The van der Waals surface area contributed by atoms with Gasteiger partial charge in [-0.1, -0.05) is 0 Å². The van der Waals surface area contributed by atoms with Crippen LogP contribution in [0.15, 0.2) is 0 Å². The summed E-state index contributed by atoms with van der Waals surface area (Å²) in [7, 11) is 1.44. The van der Waals surface area contributed by atoms with Crippen LogP contribution in [0.5, 0.6) is 0 Å². The van der Waals surface area contributed by atoms with E-state index in [-0.39, 0.29) is 0 Å². The van der Waals surface area contributed by atoms with Gasteiger partial charge in [-0.15, -0.1) is 0 Å². The largest absolute Gasteiger partial charge is 0.378 e. The number of rotatable bonds is 2. The van der Waals surface area contributed by atoms with Gasteiger partial charge in [0, 0.05) is 7.11 Å². The summed E-state index contributed by atoms with van der Waals surface area (Å²) in [6.45, 7) is 4.78. The molecule has 0 spiro atoms. The first-order chi connectivity index (χ1) is 3.18. The van der Waals surface area contributed by atoms with Crippen molar-refractivity contribution in [3.8, 4) is 0 Å². The Balaban J connectivity index is 3.14. The first-order valence-corrected chi connectivity index (χ1v) is 2.18. The summed E-state index contributed by atoms with van der Waals surface area (Å²) in [5.41, 5.74) is 0. The summed E-state index contributed by atoms with van der Waals surface area (Å²) in [5.74, 6) is 0. The zero-order valence-corrected chi connectivity index (χ0v) is 4.65. The van der Waals surface area contributed by atoms with Gasteiger partial charge in [0.2, 0.25) is 0 Å². The monoisotopic (exact) mass is 105 g/mol. The molecule has 43 valence electrons. The van der Waals surface area contributed by atoms with Gasteiger partial charge < -0.3 is 4.74 Å². The number of hydrogen-bond donors (Lipinski definition) is 0.